The van der Waals surface area contributed by atoms with E-state index in [1.165, 1.54) is 21.9 Å². The summed E-state index contributed by atoms with van der Waals surface area (Å²) in [6.45, 7) is 5.10. The minimum Gasteiger partial charge on any atom is -0.330 e. The first-order valence-electron chi connectivity index (χ1n) is 7.07. The topological polar surface area (TPSA) is 29.3 Å². The third kappa shape index (κ3) is 4.05. The number of rotatable bonds is 6. The van der Waals surface area contributed by atoms with Crippen molar-refractivity contribution < 1.29 is 0 Å². The summed E-state index contributed by atoms with van der Waals surface area (Å²) in [6.07, 6.45) is 2.18. The zero-order chi connectivity index (χ0) is 13.7. The van der Waals surface area contributed by atoms with E-state index >= 15 is 0 Å². The average molecular weight is 256 g/mol. The predicted octanol–water partition coefficient (Wildman–Crippen LogP) is 2.97. The van der Waals surface area contributed by atoms with E-state index in [0.29, 0.717) is 0 Å². The van der Waals surface area contributed by atoms with E-state index in [9.17, 15) is 0 Å². The van der Waals surface area contributed by atoms with Gasteiger partial charge in [-0.3, -0.25) is 0 Å². The average Bonchev–Trinajstić information content (AvgIpc) is 2.42. The first kappa shape index (κ1) is 14.0. The van der Waals surface area contributed by atoms with Crippen molar-refractivity contribution in [3.05, 3.63) is 47.5 Å². The molecule has 0 saturated heterocycles. The fraction of sp³-hybridized carbons (Fsp3) is 0.412. The fourth-order valence-electron chi connectivity index (χ4n) is 2.36. The van der Waals surface area contributed by atoms with Crippen molar-refractivity contribution in [1.82, 2.24) is 4.90 Å². The molecule has 0 aliphatic heterocycles. The van der Waals surface area contributed by atoms with Crippen LogP contribution in [-0.2, 0) is 6.42 Å². The highest BCUT2D eigenvalue weighted by atomic mass is 15.1. The second-order valence-corrected chi connectivity index (χ2v) is 5.38. The maximum Gasteiger partial charge on any atom is 0.00188 e. The Kier molecular flexibility index (Phi) is 4.94. The molecule has 0 spiro atoms. The van der Waals surface area contributed by atoms with Crippen molar-refractivity contribution >= 4 is 10.8 Å². The molecule has 0 heterocycles. The van der Waals surface area contributed by atoms with Crippen LogP contribution in [-0.4, -0.2) is 31.6 Å². The molecule has 0 radical (unpaired) electrons. The van der Waals surface area contributed by atoms with Crippen molar-refractivity contribution in [3.63, 3.8) is 0 Å². The van der Waals surface area contributed by atoms with E-state index in [-0.39, 0.29) is 0 Å². The van der Waals surface area contributed by atoms with Crippen LogP contribution >= 0.6 is 0 Å². The third-order valence-electron chi connectivity index (χ3n) is 3.59. The van der Waals surface area contributed by atoms with Gasteiger partial charge in [-0.2, -0.15) is 0 Å². The molecule has 19 heavy (non-hydrogen) atoms. The molecule has 2 rings (SSSR count). The van der Waals surface area contributed by atoms with E-state index in [2.05, 4.69) is 55.3 Å². The summed E-state index contributed by atoms with van der Waals surface area (Å²) >= 11 is 0. The van der Waals surface area contributed by atoms with Crippen molar-refractivity contribution in [2.45, 2.75) is 19.8 Å². The normalized spacial score (nSPS) is 11.4. The van der Waals surface area contributed by atoms with Gasteiger partial charge in [-0.25, -0.2) is 0 Å². The molecule has 0 aliphatic carbocycles. The Balaban J connectivity index is 1.99. The highest BCUT2D eigenvalue weighted by Gasteiger charge is 2.01. The minimum absolute atomic E-state index is 0.777. The van der Waals surface area contributed by atoms with Crippen molar-refractivity contribution in [1.29, 1.82) is 0 Å². The molecule has 2 nitrogen and oxygen atoms in total. The van der Waals surface area contributed by atoms with E-state index in [1.807, 2.05) is 0 Å². The van der Waals surface area contributed by atoms with Gasteiger partial charge in [0.25, 0.3) is 0 Å². The van der Waals surface area contributed by atoms with Gasteiger partial charge in [-0.1, -0.05) is 42.0 Å². The van der Waals surface area contributed by atoms with Gasteiger partial charge in [0.1, 0.15) is 0 Å². The zero-order valence-electron chi connectivity index (χ0n) is 12.0. The predicted molar refractivity (Wildman–Crippen MR) is 83.6 cm³/mol. The molecule has 0 amide bonds. The van der Waals surface area contributed by atoms with Gasteiger partial charge >= 0.3 is 0 Å². The molecule has 2 aromatic carbocycles. The summed E-state index contributed by atoms with van der Waals surface area (Å²) in [4.78, 5) is 2.35. The monoisotopic (exact) mass is 256 g/mol. The molecule has 0 saturated carbocycles. The summed E-state index contributed by atoms with van der Waals surface area (Å²) in [5.41, 5.74) is 8.27. The Hall–Kier alpha value is -1.38. The smallest absolute Gasteiger partial charge is 0.00188 e. The van der Waals surface area contributed by atoms with Crippen LogP contribution in [0.1, 0.15) is 17.5 Å². The molecule has 0 unspecified atom stereocenters. The number of likely N-dealkylation sites (N-methyl/N-ethyl adjacent to an activating group) is 1. The molecule has 0 aliphatic rings. The van der Waals surface area contributed by atoms with Crippen LogP contribution in [0.3, 0.4) is 0 Å². The quantitative estimate of drug-likeness (QED) is 0.861. The van der Waals surface area contributed by atoms with Crippen LogP contribution in [0.25, 0.3) is 10.8 Å². The fourth-order valence-corrected chi connectivity index (χ4v) is 2.36. The van der Waals surface area contributed by atoms with Crippen LogP contribution in [0.15, 0.2) is 36.4 Å². The number of benzene rings is 2. The van der Waals surface area contributed by atoms with Crippen molar-refractivity contribution in [2.75, 3.05) is 26.7 Å². The Bertz CT molecular complexity index is 534. The molecule has 2 aromatic rings. The van der Waals surface area contributed by atoms with Crippen LogP contribution in [0, 0.1) is 6.92 Å². The number of aryl methyl sites for hydroxylation is 1. The lowest BCUT2D eigenvalue weighted by atomic mass is 10.0. The standard InChI is InChI=1S/C17H24N2/c1-14-4-6-17-13-15(5-7-16(17)12-14)8-11-19(2)10-3-9-18/h4-7,12-13H,3,8-11,18H2,1-2H3. The zero-order valence-corrected chi connectivity index (χ0v) is 12.0. The summed E-state index contributed by atoms with van der Waals surface area (Å²) in [7, 11) is 2.17. The highest BCUT2D eigenvalue weighted by molar-refractivity contribution is 5.83. The number of fused-ring (bicyclic) bond motifs is 1. The Morgan fingerprint density at radius 1 is 1.00 bits per heavy atom. The SMILES string of the molecule is Cc1ccc2cc(CCN(C)CCCN)ccc2c1. The molecule has 0 atom stereocenters. The molecule has 2 N–H and O–H groups in total. The Morgan fingerprint density at radius 3 is 2.53 bits per heavy atom. The minimum atomic E-state index is 0.777. The van der Waals surface area contributed by atoms with Crippen LogP contribution in [0.4, 0.5) is 0 Å². The lowest BCUT2D eigenvalue weighted by Crippen LogP contribution is -2.24. The van der Waals surface area contributed by atoms with Gasteiger partial charge in [-0.05, 0) is 56.2 Å². The number of hydrogen-bond acceptors (Lipinski definition) is 2. The molecule has 0 fully saturated rings. The van der Waals surface area contributed by atoms with Crippen molar-refractivity contribution in [3.8, 4) is 0 Å². The van der Waals surface area contributed by atoms with Gasteiger partial charge in [0.2, 0.25) is 0 Å². The Labute approximate surface area is 116 Å². The van der Waals surface area contributed by atoms with Gasteiger partial charge in [-0.15, -0.1) is 0 Å². The van der Waals surface area contributed by atoms with E-state index in [0.717, 1.165) is 32.5 Å². The second kappa shape index (κ2) is 6.69. The lowest BCUT2D eigenvalue weighted by molar-refractivity contribution is 0.335. The Morgan fingerprint density at radius 2 is 1.74 bits per heavy atom. The summed E-state index contributed by atoms with van der Waals surface area (Å²) in [5.74, 6) is 0. The van der Waals surface area contributed by atoms with E-state index in [4.69, 9.17) is 5.73 Å². The van der Waals surface area contributed by atoms with Crippen LogP contribution in [0.2, 0.25) is 0 Å². The van der Waals surface area contributed by atoms with Gasteiger partial charge < -0.3 is 10.6 Å². The lowest BCUT2D eigenvalue weighted by Gasteiger charge is -2.16. The summed E-state index contributed by atoms with van der Waals surface area (Å²) in [6, 6.07) is 13.4. The maximum atomic E-state index is 5.53. The molecule has 0 bridgehead atoms. The van der Waals surface area contributed by atoms with Gasteiger partial charge in [0.05, 0.1) is 0 Å². The number of hydrogen-bond donors (Lipinski definition) is 1. The van der Waals surface area contributed by atoms with Crippen LogP contribution in [0.5, 0.6) is 0 Å². The molecular weight excluding hydrogens is 232 g/mol. The third-order valence-corrected chi connectivity index (χ3v) is 3.59. The second-order valence-electron chi connectivity index (χ2n) is 5.38. The molecule has 2 heteroatoms. The first-order chi connectivity index (χ1) is 9.19. The number of nitrogens with two attached hydrogens (primary N) is 1. The van der Waals surface area contributed by atoms with Gasteiger partial charge in [0, 0.05) is 6.54 Å². The van der Waals surface area contributed by atoms with Crippen molar-refractivity contribution in [2.24, 2.45) is 5.73 Å². The van der Waals surface area contributed by atoms with Gasteiger partial charge in [0.15, 0.2) is 0 Å². The molecule has 102 valence electrons. The maximum absolute atomic E-state index is 5.53. The largest absolute Gasteiger partial charge is 0.330 e. The van der Waals surface area contributed by atoms with E-state index < -0.39 is 0 Å². The summed E-state index contributed by atoms with van der Waals surface area (Å²) < 4.78 is 0. The molecular formula is C17H24N2. The summed E-state index contributed by atoms with van der Waals surface area (Å²) in [5, 5.41) is 2.67. The van der Waals surface area contributed by atoms with E-state index in [1.54, 1.807) is 0 Å². The molecule has 0 aromatic heterocycles. The first-order valence-corrected chi connectivity index (χ1v) is 7.07. The number of nitrogens with zero attached hydrogens (tertiary/aromatic N) is 1. The van der Waals surface area contributed by atoms with Crippen LogP contribution < -0.4 is 5.73 Å². The highest BCUT2D eigenvalue weighted by Crippen LogP contribution is 2.18.